The summed E-state index contributed by atoms with van der Waals surface area (Å²) in [4.78, 5) is 12.2. The zero-order chi connectivity index (χ0) is 17.9. The number of aromatic nitrogens is 2. The molecule has 0 bridgehead atoms. The number of fused-ring (bicyclic) bond motifs is 1. The quantitative estimate of drug-likeness (QED) is 0.832. The van der Waals surface area contributed by atoms with E-state index in [1.165, 1.54) is 13.4 Å². The fourth-order valence-corrected chi connectivity index (χ4v) is 4.97. The number of hydrogen-bond acceptors (Lipinski definition) is 4. The van der Waals surface area contributed by atoms with Gasteiger partial charge in [0.1, 0.15) is 0 Å². The number of nitrogens with zero attached hydrogens (tertiary/aromatic N) is 3. The highest BCUT2D eigenvalue weighted by Gasteiger charge is 2.38. The maximum Gasteiger partial charge on any atom is 0.328 e. The number of sulfonamides is 1. The van der Waals surface area contributed by atoms with Gasteiger partial charge in [-0.2, -0.15) is 4.31 Å². The minimum Gasteiger partial charge on any atom is -0.327 e. The number of halogens is 1. The maximum absolute atomic E-state index is 13.0. The second-order valence-corrected chi connectivity index (χ2v) is 9.21. The fraction of sp³-hybridized carbons (Fsp3) is 0.562. The van der Waals surface area contributed by atoms with Gasteiger partial charge in [0.15, 0.2) is 0 Å². The van der Waals surface area contributed by atoms with E-state index >= 15 is 0 Å². The number of rotatable bonds is 2. The lowest BCUT2D eigenvalue weighted by atomic mass is 9.81. The summed E-state index contributed by atoms with van der Waals surface area (Å²) < 4.78 is 30.5. The van der Waals surface area contributed by atoms with Gasteiger partial charge in [0, 0.05) is 33.2 Å². The molecule has 1 aliphatic rings. The molecule has 0 radical (unpaired) electrons. The first-order chi connectivity index (χ1) is 11.1. The van der Waals surface area contributed by atoms with Crippen molar-refractivity contribution in [2.75, 3.05) is 13.1 Å². The van der Waals surface area contributed by atoms with E-state index < -0.39 is 10.0 Å². The SMILES string of the molecule is Cl.Cn1c(=O)n(C)c2cc(S(=O)(=O)N3CCC(N)C(C)(C)C3)ccc21. The van der Waals surface area contributed by atoms with Crippen LogP contribution in [0.4, 0.5) is 0 Å². The number of piperidine rings is 1. The lowest BCUT2D eigenvalue weighted by Crippen LogP contribution is -2.53. The Morgan fingerprint density at radius 2 is 1.76 bits per heavy atom. The molecule has 140 valence electrons. The number of benzene rings is 1. The second-order valence-electron chi connectivity index (χ2n) is 7.27. The molecule has 0 saturated carbocycles. The predicted octanol–water partition coefficient (Wildman–Crippen LogP) is 1.05. The van der Waals surface area contributed by atoms with Crippen LogP contribution in [0.1, 0.15) is 20.3 Å². The summed E-state index contributed by atoms with van der Waals surface area (Å²) in [6.45, 7) is 4.79. The molecule has 2 heterocycles. The van der Waals surface area contributed by atoms with E-state index in [0.29, 0.717) is 30.5 Å². The Morgan fingerprint density at radius 1 is 1.16 bits per heavy atom. The summed E-state index contributed by atoms with van der Waals surface area (Å²) >= 11 is 0. The van der Waals surface area contributed by atoms with Crippen molar-refractivity contribution >= 4 is 33.5 Å². The van der Waals surface area contributed by atoms with E-state index in [1.54, 1.807) is 32.3 Å². The van der Waals surface area contributed by atoms with Crippen LogP contribution in [-0.4, -0.2) is 41.0 Å². The van der Waals surface area contributed by atoms with Gasteiger partial charge in [0.25, 0.3) is 0 Å². The Kier molecular flexibility index (Phi) is 5.13. The molecule has 0 aliphatic carbocycles. The van der Waals surface area contributed by atoms with Crippen LogP contribution in [-0.2, 0) is 24.1 Å². The third kappa shape index (κ3) is 3.12. The Balaban J connectivity index is 0.00000225. The van der Waals surface area contributed by atoms with Gasteiger partial charge in [-0.1, -0.05) is 13.8 Å². The lowest BCUT2D eigenvalue weighted by Gasteiger charge is -2.41. The molecule has 9 heteroatoms. The molecule has 1 saturated heterocycles. The lowest BCUT2D eigenvalue weighted by molar-refractivity contribution is 0.155. The maximum atomic E-state index is 13.0. The number of aryl methyl sites for hydroxylation is 2. The van der Waals surface area contributed by atoms with Crippen molar-refractivity contribution in [1.82, 2.24) is 13.4 Å². The van der Waals surface area contributed by atoms with E-state index in [9.17, 15) is 13.2 Å². The average molecular weight is 389 g/mol. The average Bonchev–Trinajstić information content (AvgIpc) is 2.74. The number of hydrogen-bond donors (Lipinski definition) is 1. The van der Waals surface area contributed by atoms with Gasteiger partial charge in [0.05, 0.1) is 15.9 Å². The van der Waals surface area contributed by atoms with E-state index in [1.807, 2.05) is 13.8 Å². The standard InChI is InChI=1S/C16H24N4O3S.ClH/c1-16(2)10-20(8-7-14(16)17)24(22,23)11-5-6-12-13(9-11)19(4)15(21)18(12)3;/h5-6,9,14H,7-8,10,17H2,1-4H3;1H. The van der Waals surface area contributed by atoms with Crippen molar-refractivity contribution in [2.45, 2.75) is 31.2 Å². The Morgan fingerprint density at radius 3 is 2.36 bits per heavy atom. The van der Waals surface area contributed by atoms with Gasteiger partial charge in [-0.15, -0.1) is 12.4 Å². The van der Waals surface area contributed by atoms with Crippen LogP contribution in [0.3, 0.4) is 0 Å². The third-order valence-corrected chi connectivity index (χ3v) is 7.00. The summed E-state index contributed by atoms with van der Waals surface area (Å²) in [6.07, 6.45) is 0.637. The number of nitrogens with two attached hydrogens (primary N) is 1. The van der Waals surface area contributed by atoms with Gasteiger partial charge in [0.2, 0.25) is 10.0 Å². The molecule has 25 heavy (non-hydrogen) atoms. The molecule has 0 amide bonds. The molecular formula is C16H25ClN4O3S. The second kappa shape index (κ2) is 6.42. The van der Waals surface area contributed by atoms with Crippen LogP contribution < -0.4 is 11.4 Å². The molecule has 1 aliphatic heterocycles. The molecule has 1 aromatic heterocycles. The van der Waals surface area contributed by atoms with E-state index in [0.717, 1.165) is 0 Å². The number of imidazole rings is 1. The van der Waals surface area contributed by atoms with Crippen molar-refractivity contribution in [2.24, 2.45) is 25.2 Å². The first kappa shape index (κ1) is 20.0. The van der Waals surface area contributed by atoms with Gasteiger partial charge in [-0.05, 0) is 30.0 Å². The van der Waals surface area contributed by atoms with Gasteiger partial charge >= 0.3 is 5.69 Å². The van der Waals surface area contributed by atoms with Crippen molar-refractivity contribution < 1.29 is 8.42 Å². The highest BCUT2D eigenvalue weighted by molar-refractivity contribution is 7.89. The van der Waals surface area contributed by atoms with E-state index in [4.69, 9.17) is 5.73 Å². The van der Waals surface area contributed by atoms with Crippen molar-refractivity contribution in [3.8, 4) is 0 Å². The first-order valence-electron chi connectivity index (χ1n) is 7.97. The molecule has 1 atom stereocenters. The normalized spacial score (nSPS) is 21.2. The minimum absolute atomic E-state index is 0. The summed E-state index contributed by atoms with van der Waals surface area (Å²) in [5.41, 5.74) is 6.98. The highest BCUT2D eigenvalue weighted by atomic mass is 35.5. The fourth-order valence-electron chi connectivity index (χ4n) is 3.33. The zero-order valence-electron chi connectivity index (χ0n) is 14.9. The topological polar surface area (TPSA) is 90.3 Å². The molecule has 7 nitrogen and oxygen atoms in total. The van der Waals surface area contributed by atoms with E-state index in [-0.39, 0.29) is 34.4 Å². The van der Waals surface area contributed by atoms with Crippen LogP contribution in [0.25, 0.3) is 11.0 Å². The molecule has 0 spiro atoms. The van der Waals surface area contributed by atoms with Crippen LogP contribution in [0.5, 0.6) is 0 Å². The highest BCUT2D eigenvalue weighted by Crippen LogP contribution is 2.31. The summed E-state index contributed by atoms with van der Waals surface area (Å²) in [5, 5.41) is 0. The third-order valence-electron chi connectivity index (χ3n) is 5.16. The minimum atomic E-state index is -3.62. The van der Waals surface area contributed by atoms with Gasteiger partial charge in [-0.25, -0.2) is 13.2 Å². The molecule has 1 unspecified atom stereocenters. The Hall–Kier alpha value is -1.35. The summed E-state index contributed by atoms with van der Waals surface area (Å²) in [5.74, 6) is 0. The Labute approximate surface area is 153 Å². The first-order valence-corrected chi connectivity index (χ1v) is 9.41. The van der Waals surface area contributed by atoms with Crippen LogP contribution in [0, 0.1) is 5.41 Å². The molecule has 2 N–H and O–H groups in total. The van der Waals surface area contributed by atoms with Crippen molar-refractivity contribution in [1.29, 1.82) is 0 Å². The van der Waals surface area contributed by atoms with Gasteiger partial charge in [-0.3, -0.25) is 9.13 Å². The monoisotopic (exact) mass is 388 g/mol. The van der Waals surface area contributed by atoms with E-state index in [2.05, 4.69) is 0 Å². The summed E-state index contributed by atoms with van der Waals surface area (Å²) in [6, 6.07) is 4.82. The van der Waals surface area contributed by atoms with Crippen LogP contribution >= 0.6 is 12.4 Å². The predicted molar refractivity (Wildman–Crippen MR) is 101 cm³/mol. The Bertz CT molecular complexity index is 962. The van der Waals surface area contributed by atoms with Crippen molar-refractivity contribution in [3.05, 3.63) is 28.7 Å². The molecule has 2 aromatic rings. The molecule has 1 fully saturated rings. The molecular weight excluding hydrogens is 364 g/mol. The largest absolute Gasteiger partial charge is 0.328 e. The smallest absolute Gasteiger partial charge is 0.327 e. The van der Waals surface area contributed by atoms with Crippen LogP contribution in [0.2, 0.25) is 0 Å². The zero-order valence-corrected chi connectivity index (χ0v) is 16.5. The van der Waals surface area contributed by atoms with Crippen LogP contribution in [0.15, 0.2) is 27.9 Å². The van der Waals surface area contributed by atoms with Gasteiger partial charge < -0.3 is 5.73 Å². The molecule has 1 aromatic carbocycles. The molecule has 3 rings (SSSR count). The summed E-state index contributed by atoms with van der Waals surface area (Å²) in [7, 11) is -0.298. The van der Waals surface area contributed by atoms with Crippen molar-refractivity contribution in [3.63, 3.8) is 0 Å².